The summed E-state index contributed by atoms with van der Waals surface area (Å²) in [6.45, 7) is 2.91. The van der Waals surface area contributed by atoms with E-state index in [1.807, 2.05) is 12.1 Å². The standard InChI is InChI=1S/C11H11ClN2S/c1-8-4-6-15-10(8)7-14-9-3-2-5-13-11(9)12/h2-6,14H,7H2,1H3. The lowest BCUT2D eigenvalue weighted by molar-refractivity contribution is 1.15. The fraction of sp³-hybridized carbons (Fsp3) is 0.182. The largest absolute Gasteiger partial charge is 0.378 e. The quantitative estimate of drug-likeness (QED) is 0.825. The van der Waals surface area contributed by atoms with Crippen LogP contribution in [0.4, 0.5) is 5.69 Å². The minimum Gasteiger partial charge on any atom is -0.378 e. The molecule has 2 nitrogen and oxygen atoms in total. The Morgan fingerprint density at radius 2 is 2.33 bits per heavy atom. The van der Waals surface area contributed by atoms with E-state index in [1.54, 1.807) is 17.5 Å². The highest BCUT2D eigenvalue weighted by Crippen LogP contribution is 2.21. The number of thiophene rings is 1. The Hall–Kier alpha value is -1.06. The van der Waals surface area contributed by atoms with E-state index in [0.717, 1.165) is 12.2 Å². The molecule has 0 aliphatic carbocycles. The van der Waals surface area contributed by atoms with Gasteiger partial charge in [-0.1, -0.05) is 11.6 Å². The van der Waals surface area contributed by atoms with Crippen molar-refractivity contribution in [2.45, 2.75) is 13.5 Å². The number of aromatic nitrogens is 1. The lowest BCUT2D eigenvalue weighted by Gasteiger charge is -2.06. The molecule has 2 aromatic heterocycles. The monoisotopic (exact) mass is 238 g/mol. The summed E-state index contributed by atoms with van der Waals surface area (Å²) in [5.41, 5.74) is 2.19. The van der Waals surface area contributed by atoms with Crippen LogP contribution >= 0.6 is 22.9 Å². The first-order valence-corrected chi connectivity index (χ1v) is 5.90. The van der Waals surface area contributed by atoms with E-state index in [1.165, 1.54) is 10.4 Å². The van der Waals surface area contributed by atoms with Crippen LogP contribution in [0.25, 0.3) is 0 Å². The zero-order valence-corrected chi connectivity index (χ0v) is 9.90. The summed E-state index contributed by atoms with van der Waals surface area (Å²) in [5.74, 6) is 0. The van der Waals surface area contributed by atoms with Gasteiger partial charge in [0.1, 0.15) is 0 Å². The number of nitrogens with one attached hydrogen (secondary N) is 1. The van der Waals surface area contributed by atoms with Crippen LogP contribution in [0, 0.1) is 6.92 Å². The molecular formula is C11H11ClN2S. The van der Waals surface area contributed by atoms with Crippen LogP contribution in [0.5, 0.6) is 0 Å². The van der Waals surface area contributed by atoms with Crippen LogP contribution in [0.15, 0.2) is 29.8 Å². The molecule has 0 saturated heterocycles. The summed E-state index contributed by atoms with van der Waals surface area (Å²) < 4.78 is 0. The van der Waals surface area contributed by atoms with Crippen LogP contribution in [-0.4, -0.2) is 4.98 Å². The second-order valence-corrected chi connectivity index (χ2v) is 4.58. The van der Waals surface area contributed by atoms with Crippen molar-refractivity contribution in [1.29, 1.82) is 0 Å². The van der Waals surface area contributed by atoms with E-state index < -0.39 is 0 Å². The van der Waals surface area contributed by atoms with Gasteiger partial charge in [-0.25, -0.2) is 4.98 Å². The van der Waals surface area contributed by atoms with Gasteiger partial charge in [0.15, 0.2) is 5.15 Å². The Labute approximate surface area is 97.9 Å². The highest BCUT2D eigenvalue weighted by molar-refractivity contribution is 7.10. The average molecular weight is 239 g/mol. The Morgan fingerprint density at radius 3 is 3.00 bits per heavy atom. The van der Waals surface area contributed by atoms with E-state index >= 15 is 0 Å². The molecule has 78 valence electrons. The fourth-order valence-electron chi connectivity index (χ4n) is 1.28. The number of anilines is 1. The van der Waals surface area contributed by atoms with Gasteiger partial charge in [0.25, 0.3) is 0 Å². The zero-order chi connectivity index (χ0) is 10.7. The lowest BCUT2D eigenvalue weighted by atomic mass is 10.3. The molecule has 15 heavy (non-hydrogen) atoms. The molecule has 0 aliphatic heterocycles. The van der Waals surface area contributed by atoms with Crippen LogP contribution in [0.1, 0.15) is 10.4 Å². The van der Waals surface area contributed by atoms with Crippen LogP contribution in [0.3, 0.4) is 0 Å². The summed E-state index contributed by atoms with van der Waals surface area (Å²) in [4.78, 5) is 5.34. The summed E-state index contributed by atoms with van der Waals surface area (Å²) in [5, 5.41) is 5.89. The third-order valence-electron chi connectivity index (χ3n) is 2.17. The normalized spacial score (nSPS) is 10.3. The van der Waals surface area contributed by atoms with E-state index in [0.29, 0.717) is 5.15 Å². The second kappa shape index (κ2) is 4.64. The predicted molar refractivity (Wildman–Crippen MR) is 65.6 cm³/mol. The molecule has 4 heteroatoms. The smallest absolute Gasteiger partial charge is 0.152 e. The van der Waals surface area contributed by atoms with E-state index in [4.69, 9.17) is 11.6 Å². The first-order chi connectivity index (χ1) is 7.27. The Balaban J connectivity index is 2.06. The summed E-state index contributed by atoms with van der Waals surface area (Å²) >= 11 is 7.68. The van der Waals surface area contributed by atoms with Gasteiger partial charge in [-0.2, -0.15) is 0 Å². The molecule has 2 aromatic rings. The molecule has 0 fully saturated rings. The molecule has 0 aliphatic rings. The van der Waals surface area contributed by atoms with E-state index in [9.17, 15) is 0 Å². The van der Waals surface area contributed by atoms with Gasteiger partial charge < -0.3 is 5.32 Å². The van der Waals surface area contributed by atoms with Crippen molar-refractivity contribution >= 4 is 28.6 Å². The first kappa shape index (κ1) is 10.5. The maximum Gasteiger partial charge on any atom is 0.152 e. The maximum atomic E-state index is 5.93. The Morgan fingerprint density at radius 1 is 1.47 bits per heavy atom. The van der Waals surface area contributed by atoms with Crippen molar-refractivity contribution in [3.63, 3.8) is 0 Å². The van der Waals surface area contributed by atoms with Crippen molar-refractivity contribution < 1.29 is 0 Å². The van der Waals surface area contributed by atoms with Crippen molar-refractivity contribution in [2.24, 2.45) is 0 Å². The van der Waals surface area contributed by atoms with Gasteiger partial charge in [-0.15, -0.1) is 11.3 Å². The molecule has 0 atom stereocenters. The fourth-order valence-corrected chi connectivity index (χ4v) is 2.31. The highest BCUT2D eigenvalue weighted by atomic mass is 35.5. The van der Waals surface area contributed by atoms with E-state index in [-0.39, 0.29) is 0 Å². The van der Waals surface area contributed by atoms with E-state index in [2.05, 4.69) is 28.7 Å². The molecular weight excluding hydrogens is 228 g/mol. The molecule has 0 unspecified atom stereocenters. The molecule has 0 radical (unpaired) electrons. The van der Waals surface area contributed by atoms with Crippen molar-refractivity contribution in [2.75, 3.05) is 5.32 Å². The minimum atomic E-state index is 0.520. The average Bonchev–Trinajstić information content (AvgIpc) is 2.63. The molecule has 0 amide bonds. The first-order valence-electron chi connectivity index (χ1n) is 4.65. The molecule has 0 aromatic carbocycles. The number of halogens is 1. The molecule has 2 rings (SSSR count). The van der Waals surface area contributed by atoms with Crippen molar-refractivity contribution in [1.82, 2.24) is 4.98 Å². The molecule has 0 spiro atoms. The predicted octanol–water partition coefficient (Wildman–Crippen LogP) is 3.72. The number of hydrogen-bond acceptors (Lipinski definition) is 3. The van der Waals surface area contributed by atoms with Gasteiger partial charge in [0, 0.05) is 17.6 Å². The third-order valence-corrected chi connectivity index (χ3v) is 3.49. The van der Waals surface area contributed by atoms with Crippen LogP contribution < -0.4 is 5.32 Å². The number of aryl methyl sites for hydroxylation is 1. The second-order valence-electron chi connectivity index (χ2n) is 3.22. The SMILES string of the molecule is Cc1ccsc1CNc1cccnc1Cl. The highest BCUT2D eigenvalue weighted by Gasteiger charge is 2.02. The van der Waals surface area contributed by atoms with Crippen LogP contribution in [0.2, 0.25) is 5.15 Å². The number of pyridine rings is 1. The van der Waals surface area contributed by atoms with Gasteiger partial charge in [0.2, 0.25) is 0 Å². The summed E-state index contributed by atoms with van der Waals surface area (Å²) in [6.07, 6.45) is 1.68. The third kappa shape index (κ3) is 2.49. The van der Waals surface area contributed by atoms with Crippen LogP contribution in [-0.2, 0) is 6.54 Å². The Kier molecular flexibility index (Phi) is 3.23. The molecule has 1 N–H and O–H groups in total. The molecule has 0 bridgehead atoms. The minimum absolute atomic E-state index is 0.520. The Bertz CT molecular complexity index is 453. The lowest BCUT2D eigenvalue weighted by Crippen LogP contribution is -1.99. The summed E-state index contributed by atoms with van der Waals surface area (Å²) in [7, 11) is 0. The number of rotatable bonds is 3. The van der Waals surface area contributed by atoms with Crippen molar-refractivity contribution in [3.05, 3.63) is 45.4 Å². The van der Waals surface area contributed by atoms with Crippen molar-refractivity contribution in [3.8, 4) is 0 Å². The number of nitrogens with zero attached hydrogens (tertiary/aromatic N) is 1. The molecule has 0 saturated carbocycles. The van der Waals surface area contributed by atoms with Gasteiger partial charge >= 0.3 is 0 Å². The zero-order valence-electron chi connectivity index (χ0n) is 8.33. The molecule has 2 heterocycles. The topological polar surface area (TPSA) is 24.9 Å². The van der Waals surface area contributed by atoms with Gasteiger partial charge in [-0.3, -0.25) is 0 Å². The van der Waals surface area contributed by atoms with Gasteiger partial charge in [0.05, 0.1) is 5.69 Å². The maximum absolute atomic E-state index is 5.93. The summed E-state index contributed by atoms with van der Waals surface area (Å²) in [6, 6.07) is 5.92. The van der Waals surface area contributed by atoms with Gasteiger partial charge in [-0.05, 0) is 36.1 Å². The number of hydrogen-bond donors (Lipinski definition) is 1.